The van der Waals surface area contributed by atoms with Gasteiger partial charge in [0.2, 0.25) is 5.88 Å². The maximum Gasteiger partial charge on any atom is 0.219 e. The van der Waals surface area contributed by atoms with Crippen LogP contribution in [0.15, 0.2) is 24.3 Å². The van der Waals surface area contributed by atoms with Crippen LogP contribution >= 0.6 is 0 Å². The average Bonchev–Trinajstić information content (AvgIpc) is 2.73. The number of aromatic hydroxyl groups is 1. The summed E-state index contributed by atoms with van der Waals surface area (Å²) >= 11 is 0. The molecule has 1 aromatic heterocycles. The number of hydrogen-bond donors (Lipinski definition) is 2. The molecule has 0 saturated heterocycles. The van der Waals surface area contributed by atoms with Gasteiger partial charge in [-0.3, -0.25) is 0 Å². The number of nitrogens with two attached hydrogens (primary N) is 1. The number of ether oxygens (including phenoxy) is 1. The van der Waals surface area contributed by atoms with Crippen LogP contribution in [0.3, 0.4) is 0 Å². The second-order valence-electron chi connectivity index (χ2n) is 4.39. The van der Waals surface area contributed by atoms with Crippen LogP contribution in [0.5, 0.6) is 11.6 Å². The molecule has 0 aliphatic carbocycles. The molecule has 1 heterocycles. The number of phenols is 1. The second kappa shape index (κ2) is 5.75. The summed E-state index contributed by atoms with van der Waals surface area (Å²) in [7, 11) is 1.64. The number of aryl methyl sites for hydroxylation is 1. The first kappa shape index (κ1) is 13.4. The predicted octanol–water partition coefficient (Wildman–Crippen LogP) is 1.79. The largest absolute Gasteiger partial charge is 0.508 e. The number of rotatable bonds is 5. The maximum atomic E-state index is 9.33. The molecule has 0 radical (unpaired) electrons. The Labute approximate surface area is 112 Å². The standard InChI is InChI=1S/C14H19N3O2/c1-10-13(4-3-9-15)14(19-2)17(16-10)11-5-7-12(18)8-6-11/h5-8,18H,3-4,9,15H2,1-2H3. The second-order valence-corrected chi connectivity index (χ2v) is 4.39. The third-order valence-corrected chi connectivity index (χ3v) is 3.06. The van der Waals surface area contributed by atoms with Crippen LogP contribution in [0.4, 0.5) is 0 Å². The van der Waals surface area contributed by atoms with Crippen LogP contribution in [0.1, 0.15) is 17.7 Å². The zero-order valence-electron chi connectivity index (χ0n) is 11.3. The first-order chi connectivity index (χ1) is 9.17. The molecule has 19 heavy (non-hydrogen) atoms. The Balaban J connectivity index is 2.43. The van der Waals surface area contributed by atoms with Gasteiger partial charge in [0.25, 0.3) is 0 Å². The first-order valence-electron chi connectivity index (χ1n) is 6.29. The van der Waals surface area contributed by atoms with Crippen LogP contribution in [0.25, 0.3) is 5.69 Å². The summed E-state index contributed by atoms with van der Waals surface area (Å²) in [6.07, 6.45) is 1.75. The smallest absolute Gasteiger partial charge is 0.219 e. The van der Waals surface area contributed by atoms with Gasteiger partial charge in [-0.2, -0.15) is 5.10 Å². The van der Waals surface area contributed by atoms with E-state index in [4.69, 9.17) is 10.5 Å². The fourth-order valence-corrected chi connectivity index (χ4v) is 2.08. The molecule has 2 rings (SSSR count). The van der Waals surface area contributed by atoms with Crippen molar-refractivity contribution in [3.05, 3.63) is 35.5 Å². The van der Waals surface area contributed by atoms with E-state index in [1.165, 1.54) is 0 Å². The van der Waals surface area contributed by atoms with Gasteiger partial charge in [0.05, 0.1) is 18.5 Å². The SMILES string of the molecule is COc1c(CCCN)c(C)nn1-c1ccc(O)cc1. The molecule has 2 aromatic rings. The van der Waals surface area contributed by atoms with Crippen molar-refractivity contribution in [1.29, 1.82) is 0 Å². The summed E-state index contributed by atoms with van der Waals surface area (Å²) in [5.41, 5.74) is 8.44. The molecule has 1 aromatic carbocycles. The van der Waals surface area contributed by atoms with Crippen molar-refractivity contribution in [1.82, 2.24) is 9.78 Å². The highest BCUT2D eigenvalue weighted by atomic mass is 16.5. The topological polar surface area (TPSA) is 73.3 Å². The van der Waals surface area contributed by atoms with Crippen molar-refractivity contribution < 1.29 is 9.84 Å². The van der Waals surface area contributed by atoms with E-state index >= 15 is 0 Å². The zero-order valence-corrected chi connectivity index (χ0v) is 11.3. The molecule has 5 heteroatoms. The van der Waals surface area contributed by atoms with E-state index in [0.29, 0.717) is 6.54 Å². The number of hydrogen-bond acceptors (Lipinski definition) is 4. The molecule has 5 nitrogen and oxygen atoms in total. The molecule has 0 spiro atoms. The highest BCUT2D eigenvalue weighted by molar-refractivity contribution is 5.43. The first-order valence-corrected chi connectivity index (χ1v) is 6.29. The minimum absolute atomic E-state index is 0.231. The van der Waals surface area contributed by atoms with Gasteiger partial charge in [-0.15, -0.1) is 0 Å². The lowest BCUT2D eigenvalue weighted by atomic mass is 10.1. The van der Waals surface area contributed by atoms with Gasteiger partial charge in [0, 0.05) is 5.56 Å². The van der Waals surface area contributed by atoms with Crippen LogP contribution in [-0.2, 0) is 6.42 Å². The molecule has 0 saturated carbocycles. The van der Waals surface area contributed by atoms with Crippen molar-refractivity contribution in [3.8, 4) is 17.3 Å². The summed E-state index contributed by atoms with van der Waals surface area (Å²) < 4.78 is 7.23. The van der Waals surface area contributed by atoms with E-state index in [1.54, 1.807) is 36.1 Å². The third-order valence-electron chi connectivity index (χ3n) is 3.06. The Morgan fingerprint density at radius 3 is 2.58 bits per heavy atom. The van der Waals surface area contributed by atoms with Gasteiger partial charge in [-0.25, -0.2) is 4.68 Å². The highest BCUT2D eigenvalue weighted by Crippen LogP contribution is 2.27. The van der Waals surface area contributed by atoms with Crippen molar-refractivity contribution in [2.24, 2.45) is 5.73 Å². The van der Waals surface area contributed by atoms with Gasteiger partial charge in [-0.1, -0.05) is 0 Å². The monoisotopic (exact) mass is 261 g/mol. The molecule has 0 fully saturated rings. The third kappa shape index (κ3) is 2.71. The van der Waals surface area contributed by atoms with Crippen LogP contribution in [0.2, 0.25) is 0 Å². The van der Waals surface area contributed by atoms with Gasteiger partial charge < -0.3 is 15.6 Å². The number of nitrogens with zero attached hydrogens (tertiary/aromatic N) is 2. The molecule has 0 bridgehead atoms. The van der Waals surface area contributed by atoms with E-state index in [1.807, 2.05) is 6.92 Å². The molecule has 0 unspecified atom stereocenters. The molecule has 0 aliphatic rings. The summed E-state index contributed by atoms with van der Waals surface area (Å²) in [5, 5.41) is 13.8. The quantitative estimate of drug-likeness (QED) is 0.860. The van der Waals surface area contributed by atoms with E-state index in [9.17, 15) is 5.11 Å². The normalized spacial score (nSPS) is 10.7. The molecule has 0 amide bonds. The van der Waals surface area contributed by atoms with Crippen LogP contribution in [0, 0.1) is 6.92 Å². The lowest BCUT2D eigenvalue weighted by Crippen LogP contribution is -2.03. The zero-order chi connectivity index (χ0) is 13.8. The Morgan fingerprint density at radius 2 is 2.00 bits per heavy atom. The summed E-state index contributed by atoms with van der Waals surface area (Å²) in [6.45, 7) is 2.61. The Bertz CT molecular complexity index is 547. The Hall–Kier alpha value is -2.01. The summed E-state index contributed by atoms with van der Waals surface area (Å²) in [4.78, 5) is 0. The van der Waals surface area contributed by atoms with E-state index in [2.05, 4.69) is 5.10 Å². The van der Waals surface area contributed by atoms with Crippen molar-refractivity contribution in [3.63, 3.8) is 0 Å². The minimum atomic E-state index is 0.231. The molecular weight excluding hydrogens is 242 g/mol. The number of methoxy groups -OCH3 is 1. The van der Waals surface area contributed by atoms with E-state index in [0.717, 1.165) is 35.7 Å². The molecule has 3 N–H and O–H groups in total. The van der Waals surface area contributed by atoms with Crippen LogP contribution in [-0.4, -0.2) is 28.5 Å². The Kier molecular flexibility index (Phi) is 4.06. The van der Waals surface area contributed by atoms with Crippen molar-refractivity contribution in [2.75, 3.05) is 13.7 Å². The summed E-state index contributed by atoms with van der Waals surface area (Å²) in [5.74, 6) is 0.964. The number of benzene rings is 1. The lowest BCUT2D eigenvalue weighted by Gasteiger charge is -2.08. The van der Waals surface area contributed by atoms with Gasteiger partial charge in [0.1, 0.15) is 5.75 Å². The van der Waals surface area contributed by atoms with Gasteiger partial charge in [-0.05, 0) is 50.6 Å². The summed E-state index contributed by atoms with van der Waals surface area (Å²) in [6, 6.07) is 6.87. The number of aromatic nitrogens is 2. The fraction of sp³-hybridized carbons (Fsp3) is 0.357. The van der Waals surface area contributed by atoms with Crippen LogP contribution < -0.4 is 10.5 Å². The molecule has 0 atom stereocenters. The van der Waals surface area contributed by atoms with Gasteiger partial charge in [0.15, 0.2) is 0 Å². The Morgan fingerprint density at radius 1 is 1.32 bits per heavy atom. The maximum absolute atomic E-state index is 9.33. The highest BCUT2D eigenvalue weighted by Gasteiger charge is 2.16. The van der Waals surface area contributed by atoms with E-state index in [-0.39, 0.29) is 5.75 Å². The van der Waals surface area contributed by atoms with Gasteiger partial charge >= 0.3 is 0 Å². The molecular formula is C14H19N3O2. The van der Waals surface area contributed by atoms with E-state index < -0.39 is 0 Å². The van der Waals surface area contributed by atoms with Crippen molar-refractivity contribution >= 4 is 0 Å². The lowest BCUT2D eigenvalue weighted by molar-refractivity contribution is 0.379. The fourth-order valence-electron chi connectivity index (χ4n) is 2.08. The van der Waals surface area contributed by atoms with Crippen molar-refractivity contribution in [2.45, 2.75) is 19.8 Å². The average molecular weight is 261 g/mol. The molecule has 102 valence electrons. The predicted molar refractivity (Wildman–Crippen MR) is 73.9 cm³/mol. The number of phenolic OH excluding ortho intramolecular Hbond substituents is 1. The molecule has 0 aliphatic heterocycles. The minimum Gasteiger partial charge on any atom is -0.508 e.